The third kappa shape index (κ3) is 7.01. The first kappa shape index (κ1) is 25.1. The van der Waals surface area contributed by atoms with Crippen molar-refractivity contribution >= 4 is 23.7 Å². The maximum absolute atomic E-state index is 13.1. The zero-order valence-corrected chi connectivity index (χ0v) is 20.7. The highest BCUT2D eigenvalue weighted by molar-refractivity contribution is 6.21. The summed E-state index contributed by atoms with van der Waals surface area (Å²) in [5.41, 5.74) is 6.90. The van der Waals surface area contributed by atoms with Gasteiger partial charge in [-0.3, -0.25) is 14.7 Å². The molecule has 186 valence electrons. The maximum atomic E-state index is 13.1. The first-order valence-electron chi connectivity index (χ1n) is 13.1. The second-order valence-electron chi connectivity index (χ2n) is 10.3. The Bertz CT molecular complexity index is 684. The number of hydrogen-bond donors (Lipinski definition) is 4. The highest BCUT2D eigenvalue weighted by Gasteiger charge is 2.36. The minimum absolute atomic E-state index is 0.0830. The van der Waals surface area contributed by atoms with E-state index in [1.165, 1.54) is 18.4 Å². The second-order valence-corrected chi connectivity index (χ2v) is 10.9. The quantitative estimate of drug-likeness (QED) is 0.243. The SMILES string of the molecule is NCCNCC1CCC(N2CCC(NC(=O)C3CCC(Cl)C(C4=CCC=NC4)C3)CC2)NC1. The van der Waals surface area contributed by atoms with Gasteiger partial charge in [0, 0.05) is 62.7 Å². The van der Waals surface area contributed by atoms with E-state index in [1.807, 2.05) is 6.21 Å². The monoisotopic (exact) mass is 478 g/mol. The fourth-order valence-corrected chi connectivity index (χ4v) is 6.40. The highest BCUT2D eigenvalue weighted by Crippen LogP contribution is 2.38. The molecule has 5 N–H and O–H groups in total. The van der Waals surface area contributed by atoms with Crippen LogP contribution in [0.2, 0.25) is 0 Å². The molecule has 1 saturated carbocycles. The van der Waals surface area contributed by atoms with Gasteiger partial charge < -0.3 is 21.7 Å². The van der Waals surface area contributed by atoms with Crippen LogP contribution in [0.3, 0.4) is 0 Å². The van der Waals surface area contributed by atoms with Crippen molar-refractivity contribution in [1.82, 2.24) is 20.9 Å². The largest absolute Gasteiger partial charge is 0.353 e. The van der Waals surface area contributed by atoms with Gasteiger partial charge in [-0.15, -0.1) is 11.6 Å². The molecule has 0 radical (unpaired) electrons. The van der Waals surface area contributed by atoms with E-state index >= 15 is 0 Å². The van der Waals surface area contributed by atoms with E-state index < -0.39 is 0 Å². The average Bonchev–Trinajstić information content (AvgIpc) is 2.86. The predicted molar refractivity (Wildman–Crippen MR) is 136 cm³/mol. The molecule has 33 heavy (non-hydrogen) atoms. The summed E-state index contributed by atoms with van der Waals surface area (Å²) in [7, 11) is 0. The Morgan fingerprint density at radius 3 is 2.76 bits per heavy atom. The highest BCUT2D eigenvalue weighted by atomic mass is 35.5. The number of carbonyl (C=O) groups excluding carboxylic acids is 1. The Labute approximate surface area is 204 Å². The molecule has 1 aliphatic carbocycles. The second kappa shape index (κ2) is 12.6. The summed E-state index contributed by atoms with van der Waals surface area (Å²) in [6, 6.07) is 0.302. The first-order chi connectivity index (χ1) is 16.1. The number of amides is 1. The summed E-state index contributed by atoms with van der Waals surface area (Å²) in [5.74, 6) is 1.32. The van der Waals surface area contributed by atoms with Crippen molar-refractivity contribution in [3.05, 3.63) is 11.6 Å². The lowest BCUT2D eigenvalue weighted by Gasteiger charge is -2.42. The summed E-state index contributed by atoms with van der Waals surface area (Å²) in [6.07, 6.45) is 12.8. The molecular formula is C25H43ClN6O. The van der Waals surface area contributed by atoms with Crippen LogP contribution in [0.4, 0.5) is 0 Å². The molecule has 8 heteroatoms. The summed E-state index contributed by atoms with van der Waals surface area (Å²) in [5, 5.41) is 10.7. The fourth-order valence-electron chi connectivity index (χ4n) is 6.01. The van der Waals surface area contributed by atoms with Gasteiger partial charge in [-0.25, -0.2) is 0 Å². The first-order valence-corrected chi connectivity index (χ1v) is 13.6. The number of nitrogens with zero attached hydrogens (tertiary/aromatic N) is 2. The molecule has 3 fully saturated rings. The van der Waals surface area contributed by atoms with Gasteiger partial charge in [0.05, 0.1) is 12.7 Å². The molecule has 3 aliphatic heterocycles. The minimum atomic E-state index is 0.0830. The van der Waals surface area contributed by atoms with Gasteiger partial charge in [0.15, 0.2) is 0 Å². The molecule has 0 aromatic heterocycles. The summed E-state index contributed by atoms with van der Waals surface area (Å²) in [6.45, 7) is 6.60. The molecular weight excluding hydrogens is 436 g/mol. The molecule has 5 unspecified atom stereocenters. The number of likely N-dealkylation sites (tertiary alicyclic amines) is 1. The smallest absolute Gasteiger partial charge is 0.223 e. The number of nitrogens with two attached hydrogens (primary N) is 1. The molecule has 0 bridgehead atoms. The molecule has 4 aliphatic rings. The number of allylic oxidation sites excluding steroid dienone is 1. The minimum Gasteiger partial charge on any atom is -0.353 e. The van der Waals surface area contributed by atoms with Crippen molar-refractivity contribution in [3.8, 4) is 0 Å². The average molecular weight is 479 g/mol. The van der Waals surface area contributed by atoms with Crippen molar-refractivity contribution in [2.75, 3.05) is 45.8 Å². The zero-order valence-electron chi connectivity index (χ0n) is 20.0. The van der Waals surface area contributed by atoms with Crippen LogP contribution in [0.5, 0.6) is 0 Å². The number of rotatable bonds is 8. The molecule has 1 amide bonds. The van der Waals surface area contributed by atoms with Gasteiger partial charge in [-0.2, -0.15) is 0 Å². The van der Waals surface area contributed by atoms with Crippen LogP contribution in [0.25, 0.3) is 0 Å². The topological polar surface area (TPSA) is 94.8 Å². The van der Waals surface area contributed by atoms with E-state index in [2.05, 4.69) is 31.9 Å². The van der Waals surface area contributed by atoms with Gasteiger partial charge >= 0.3 is 0 Å². The molecule has 3 heterocycles. The molecule has 5 atom stereocenters. The molecule has 2 saturated heterocycles. The zero-order chi connectivity index (χ0) is 23.0. The van der Waals surface area contributed by atoms with Gasteiger partial charge in [0.2, 0.25) is 5.91 Å². The molecule has 0 aromatic rings. The van der Waals surface area contributed by atoms with E-state index in [-0.39, 0.29) is 17.2 Å². The third-order valence-electron chi connectivity index (χ3n) is 8.06. The molecule has 0 spiro atoms. The Morgan fingerprint density at radius 2 is 2.06 bits per heavy atom. The van der Waals surface area contributed by atoms with Crippen molar-refractivity contribution in [1.29, 1.82) is 0 Å². The Balaban J connectivity index is 1.17. The van der Waals surface area contributed by atoms with E-state index in [0.29, 0.717) is 30.6 Å². The lowest BCUT2D eigenvalue weighted by Crippen LogP contribution is -2.56. The summed E-state index contributed by atoms with van der Waals surface area (Å²) < 4.78 is 0. The van der Waals surface area contributed by atoms with E-state index in [1.54, 1.807) is 0 Å². The fraction of sp³-hybridized carbons (Fsp3) is 0.840. The number of dihydropyridines is 1. The Kier molecular flexibility index (Phi) is 9.62. The van der Waals surface area contributed by atoms with Gasteiger partial charge in [0.1, 0.15) is 0 Å². The van der Waals surface area contributed by atoms with Crippen LogP contribution < -0.4 is 21.7 Å². The standard InChI is InChI=1S/C25H43ClN6O/c26-23-5-4-19(14-22(23)20-2-1-10-28-17-20)25(33)31-21-7-12-32(13-8-21)24-6-3-18(16-30-24)15-29-11-9-27/h2,10,18-19,21-24,29-30H,1,3-9,11-17,27H2,(H,31,33). The number of hydrogen-bond acceptors (Lipinski definition) is 6. The summed E-state index contributed by atoms with van der Waals surface area (Å²) in [4.78, 5) is 20.1. The van der Waals surface area contributed by atoms with E-state index in [4.69, 9.17) is 17.3 Å². The number of piperidine rings is 2. The van der Waals surface area contributed by atoms with Crippen molar-refractivity contribution < 1.29 is 4.79 Å². The van der Waals surface area contributed by atoms with Crippen LogP contribution in [0, 0.1) is 17.8 Å². The van der Waals surface area contributed by atoms with Crippen LogP contribution >= 0.6 is 11.6 Å². The van der Waals surface area contributed by atoms with Crippen molar-refractivity contribution in [3.63, 3.8) is 0 Å². The lowest BCUT2D eigenvalue weighted by atomic mass is 9.76. The molecule has 0 aromatic carbocycles. The number of aliphatic imine (C=N–C) groups is 1. The predicted octanol–water partition coefficient (Wildman–Crippen LogP) is 1.87. The maximum Gasteiger partial charge on any atom is 0.223 e. The number of halogens is 1. The molecule has 7 nitrogen and oxygen atoms in total. The lowest BCUT2D eigenvalue weighted by molar-refractivity contribution is -0.127. The van der Waals surface area contributed by atoms with Crippen LogP contribution in [-0.4, -0.2) is 80.4 Å². The third-order valence-corrected chi connectivity index (χ3v) is 8.59. The molecule has 4 rings (SSSR count). The van der Waals surface area contributed by atoms with Crippen LogP contribution in [0.15, 0.2) is 16.6 Å². The van der Waals surface area contributed by atoms with E-state index in [9.17, 15) is 4.79 Å². The van der Waals surface area contributed by atoms with E-state index in [0.717, 1.165) is 77.8 Å². The Hall–Kier alpha value is -0.990. The van der Waals surface area contributed by atoms with Gasteiger partial charge in [-0.05, 0) is 68.9 Å². The van der Waals surface area contributed by atoms with Crippen molar-refractivity contribution in [2.24, 2.45) is 28.5 Å². The van der Waals surface area contributed by atoms with Gasteiger partial charge in [0.25, 0.3) is 0 Å². The van der Waals surface area contributed by atoms with Gasteiger partial charge in [-0.1, -0.05) is 6.08 Å². The number of alkyl halides is 1. The normalized spacial score (nSPS) is 34.1. The van der Waals surface area contributed by atoms with Crippen LogP contribution in [-0.2, 0) is 4.79 Å². The van der Waals surface area contributed by atoms with Crippen molar-refractivity contribution in [2.45, 2.75) is 69.0 Å². The van der Waals surface area contributed by atoms with Crippen LogP contribution in [0.1, 0.15) is 51.4 Å². The number of carbonyl (C=O) groups is 1. The summed E-state index contributed by atoms with van der Waals surface area (Å²) >= 11 is 6.66. The Morgan fingerprint density at radius 1 is 1.21 bits per heavy atom. The number of nitrogens with one attached hydrogen (secondary N) is 3.